The topological polar surface area (TPSA) is 72.7 Å². The van der Waals surface area contributed by atoms with Gasteiger partial charge in [-0.3, -0.25) is 4.79 Å². The molecule has 0 aliphatic carbocycles. The quantitative estimate of drug-likeness (QED) is 0.749. The number of aromatic nitrogens is 4. The summed E-state index contributed by atoms with van der Waals surface area (Å²) in [7, 11) is 0. The van der Waals surface area contributed by atoms with Gasteiger partial charge in [-0.05, 0) is 40.6 Å². The smallest absolute Gasteiger partial charge is 0.245 e. The van der Waals surface area contributed by atoms with Crippen molar-refractivity contribution in [1.82, 2.24) is 25.5 Å². The van der Waals surface area contributed by atoms with Gasteiger partial charge in [0, 0.05) is 6.42 Å². The summed E-state index contributed by atoms with van der Waals surface area (Å²) in [5.41, 5.74) is 1.83. The second-order valence-corrected chi connectivity index (χ2v) is 5.78. The number of tetrazole rings is 1. The Labute approximate surface area is 144 Å². The van der Waals surface area contributed by atoms with Gasteiger partial charge in [-0.1, -0.05) is 42.5 Å². The normalized spacial score (nSPS) is 13.2. The molecular formula is C18H18FN5O. The van der Waals surface area contributed by atoms with Gasteiger partial charge in [-0.25, -0.2) is 9.07 Å². The number of halogens is 1. The lowest BCUT2D eigenvalue weighted by Crippen LogP contribution is -2.35. The highest BCUT2D eigenvalue weighted by molar-refractivity contribution is 5.80. The molecule has 1 N–H and O–H groups in total. The van der Waals surface area contributed by atoms with Crippen molar-refractivity contribution in [2.24, 2.45) is 0 Å². The SMILES string of the molecule is CC(NC(=O)C(Cc1ccccc1)n1cnnn1)c1ccc(F)cc1. The van der Waals surface area contributed by atoms with Crippen LogP contribution in [0.5, 0.6) is 0 Å². The van der Waals surface area contributed by atoms with E-state index in [1.54, 1.807) is 12.1 Å². The van der Waals surface area contributed by atoms with E-state index in [1.165, 1.54) is 23.1 Å². The third-order valence-corrected chi connectivity index (χ3v) is 3.99. The van der Waals surface area contributed by atoms with E-state index < -0.39 is 6.04 Å². The minimum atomic E-state index is -0.569. The summed E-state index contributed by atoms with van der Waals surface area (Å²) in [6, 6.07) is 14.9. The number of benzene rings is 2. The van der Waals surface area contributed by atoms with Gasteiger partial charge in [-0.2, -0.15) is 0 Å². The van der Waals surface area contributed by atoms with Gasteiger partial charge in [0.1, 0.15) is 18.2 Å². The fraction of sp³-hybridized carbons (Fsp3) is 0.222. The summed E-state index contributed by atoms with van der Waals surface area (Å²) in [4.78, 5) is 12.8. The zero-order chi connectivity index (χ0) is 17.6. The minimum Gasteiger partial charge on any atom is -0.348 e. The number of amides is 1. The van der Waals surface area contributed by atoms with Crippen LogP contribution in [0.2, 0.25) is 0 Å². The summed E-state index contributed by atoms with van der Waals surface area (Å²) in [5, 5.41) is 14.1. The number of carbonyl (C=O) groups excluding carboxylic acids is 1. The molecule has 0 bridgehead atoms. The number of nitrogens with one attached hydrogen (secondary N) is 1. The van der Waals surface area contributed by atoms with E-state index in [4.69, 9.17) is 0 Å². The molecule has 128 valence electrons. The van der Waals surface area contributed by atoms with E-state index in [9.17, 15) is 9.18 Å². The predicted octanol–water partition coefficient (Wildman–Crippen LogP) is 2.47. The molecule has 0 aliphatic heterocycles. The van der Waals surface area contributed by atoms with Crippen molar-refractivity contribution >= 4 is 5.91 Å². The summed E-state index contributed by atoms with van der Waals surface area (Å²) in [5.74, 6) is -0.508. The number of hydrogen-bond acceptors (Lipinski definition) is 4. The third kappa shape index (κ3) is 4.26. The van der Waals surface area contributed by atoms with Crippen molar-refractivity contribution in [3.8, 4) is 0 Å². The van der Waals surface area contributed by atoms with E-state index >= 15 is 0 Å². The third-order valence-electron chi connectivity index (χ3n) is 3.99. The first-order valence-corrected chi connectivity index (χ1v) is 7.95. The maximum Gasteiger partial charge on any atom is 0.245 e. The predicted molar refractivity (Wildman–Crippen MR) is 90.0 cm³/mol. The second-order valence-electron chi connectivity index (χ2n) is 5.78. The number of rotatable bonds is 6. The van der Waals surface area contributed by atoms with E-state index in [-0.39, 0.29) is 17.8 Å². The lowest BCUT2D eigenvalue weighted by atomic mass is 10.0. The van der Waals surface area contributed by atoms with Gasteiger partial charge >= 0.3 is 0 Å². The summed E-state index contributed by atoms with van der Waals surface area (Å²) < 4.78 is 14.5. The summed E-state index contributed by atoms with van der Waals surface area (Å²) in [6.45, 7) is 1.85. The largest absolute Gasteiger partial charge is 0.348 e. The zero-order valence-corrected chi connectivity index (χ0v) is 13.7. The average Bonchev–Trinajstić information content (AvgIpc) is 3.15. The first kappa shape index (κ1) is 16.8. The molecule has 0 spiro atoms. The van der Waals surface area contributed by atoms with Gasteiger partial charge in [0.15, 0.2) is 0 Å². The highest BCUT2D eigenvalue weighted by Gasteiger charge is 2.24. The Morgan fingerprint density at radius 1 is 1.16 bits per heavy atom. The van der Waals surface area contributed by atoms with Gasteiger partial charge < -0.3 is 5.32 Å². The van der Waals surface area contributed by atoms with Crippen LogP contribution in [0.1, 0.15) is 30.1 Å². The van der Waals surface area contributed by atoms with Gasteiger partial charge in [0.05, 0.1) is 6.04 Å². The first-order chi connectivity index (χ1) is 12.1. The van der Waals surface area contributed by atoms with Crippen molar-refractivity contribution in [1.29, 1.82) is 0 Å². The minimum absolute atomic E-state index is 0.201. The molecule has 1 heterocycles. The van der Waals surface area contributed by atoms with Gasteiger partial charge in [0.25, 0.3) is 0 Å². The fourth-order valence-corrected chi connectivity index (χ4v) is 2.60. The lowest BCUT2D eigenvalue weighted by Gasteiger charge is -2.20. The average molecular weight is 339 g/mol. The summed E-state index contributed by atoms with van der Waals surface area (Å²) >= 11 is 0. The Hall–Kier alpha value is -3.09. The monoisotopic (exact) mass is 339 g/mol. The van der Waals surface area contributed by atoms with Crippen LogP contribution >= 0.6 is 0 Å². The van der Waals surface area contributed by atoms with Crippen LogP contribution in [0, 0.1) is 5.82 Å². The molecule has 7 heteroatoms. The maximum atomic E-state index is 13.1. The molecule has 0 aliphatic rings. The molecule has 25 heavy (non-hydrogen) atoms. The van der Waals surface area contributed by atoms with E-state index in [0.29, 0.717) is 6.42 Å². The molecule has 2 atom stereocenters. The van der Waals surface area contributed by atoms with Crippen LogP contribution in [-0.2, 0) is 11.2 Å². The van der Waals surface area contributed by atoms with Crippen LogP contribution in [0.3, 0.4) is 0 Å². The first-order valence-electron chi connectivity index (χ1n) is 7.95. The zero-order valence-electron chi connectivity index (χ0n) is 13.7. The molecule has 0 radical (unpaired) electrons. The van der Waals surface area contributed by atoms with Crippen LogP contribution in [0.4, 0.5) is 4.39 Å². The number of hydrogen-bond donors (Lipinski definition) is 1. The van der Waals surface area contributed by atoms with Crippen molar-refractivity contribution in [2.75, 3.05) is 0 Å². The van der Waals surface area contributed by atoms with Gasteiger partial charge in [0.2, 0.25) is 5.91 Å². The fourth-order valence-electron chi connectivity index (χ4n) is 2.60. The molecule has 3 aromatic rings. The molecule has 0 fully saturated rings. The van der Waals surface area contributed by atoms with Crippen molar-refractivity contribution in [3.63, 3.8) is 0 Å². The number of nitrogens with zero attached hydrogens (tertiary/aromatic N) is 4. The van der Waals surface area contributed by atoms with Crippen molar-refractivity contribution < 1.29 is 9.18 Å². The molecular weight excluding hydrogens is 321 g/mol. The molecule has 6 nitrogen and oxygen atoms in total. The Kier molecular flexibility index (Phi) is 5.13. The van der Waals surface area contributed by atoms with E-state index in [2.05, 4.69) is 20.8 Å². The lowest BCUT2D eigenvalue weighted by molar-refractivity contribution is -0.125. The van der Waals surface area contributed by atoms with Crippen molar-refractivity contribution in [2.45, 2.75) is 25.4 Å². The van der Waals surface area contributed by atoms with Crippen LogP contribution in [0.25, 0.3) is 0 Å². The second kappa shape index (κ2) is 7.65. The molecule has 2 unspecified atom stereocenters. The molecule has 1 aromatic heterocycles. The Bertz CT molecular complexity index is 805. The van der Waals surface area contributed by atoms with Crippen LogP contribution in [0.15, 0.2) is 60.9 Å². The highest BCUT2D eigenvalue weighted by atomic mass is 19.1. The van der Waals surface area contributed by atoms with Crippen LogP contribution in [-0.4, -0.2) is 26.1 Å². The standard InChI is InChI=1S/C18H18FN5O/c1-13(15-7-9-16(19)10-8-15)21-18(25)17(24-12-20-22-23-24)11-14-5-3-2-4-6-14/h2-10,12-13,17H,11H2,1H3,(H,21,25). The Morgan fingerprint density at radius 2 is 1.88 bits per heavy atom. The van der Waals surface area contributed by atoms with E-state index in [1.807, 2.05) is 37.3 Å². The molecule has 1 amide bonds. The molecule has 0 saturated heterocycles. The van der Waals surface area contributed by atoms with Crippen LogP contribution < -0.4 is 5.32 Å². The maximum absolute atomic E-state index is 13.1. The number of carbonyl (C=O) groups is 1. The Morgan fingerprint density at radius 3 is 2.52 bits per heavy atom. The molecule has 0 saturated carbocycles. The summed E-state index contributed by atoms with van der Waals surface area (Å²) in [6.07, 6.45) is 1.89. The molecule has 3 rings (SSSR count). The van der Waals surface area contributed by atoms with Gasteiger partial charge in [-0.15, -0.1) is 5.10 Å². The van der Waals surface area contributed by atoms with Crippen molar-refractivity contribution in [3.05, 3.63) is 77.9 Å². The highest BCUT2D eigenvalue weighted by Crippen LogP contribution is 2.17. The molecule has 2 aromatic carbocycles. The Balaban J connectivity index is 1.76. The van der Waals surface area contributed by atoms with E-state index in [0.717, 1.165) is 11.1 Å².